The van der Waals surface area contributed by atoms with Gasteiger partial charge in [0.1, 0.15) is 11.9 Å². The predicted molar refractivity (Wildman–Crippen MR) is 103 cm³/mol. The van der Waals surface area contributed by atoms with Gasteiger partial charge in [0.05, 0.1) is 0 Å². The molecule has 1 rings (SSSR count). The van der Waals surface area contributed by atoms with Gasteiger partial charge in [-0.25, -0.2) is 4.98 Å². The normalized spacial score (nSPS) is 13.9. The first-order chi connectivity index (χ1) is 10.9. The van der Waals surface area contributed by atoms with E-state index in [-0.39, 0.29) is 10.9 Å². The summed E-state index contributed by atoms with van der Waals surface area (Å²) in [6.07, 6.45) is 1.95. The Hall–Kier alpha value is -1.24. The minimum absolute atomic E-state index is 0.0613. The number of nitrogens with one attached hydrogen (secondary N) is 1. The maximum absolute atomic E-state index is 12.7. The zero-order valence-electron chi connectivity index (χ0n) is 16.4. The van der Waals surface area contributed by atoms with Gasteiger partial charge in [-0.2, -0.15) is 0 Å². The van der Waals surface area contributed by atoms with E-state index >= 15 is 0 Å². The van der Waals surface area contributed by atoms with Crippen LogP contribution in [0.25, 0.3) is 0 Å². The van der Waals surface area contributed by atoms with Gasteiger partial charge in [-0.05, 0) is 57.2 Å². The summed E-state index contributed by atoms with van der Waals surface area (Å²) in [5, 5.41) is 2.96. The van der Waals surface area contributed by atoms with Crippen molar-refractivity contribution in [3.05, 3.63) is 23.9 Å². The number of rotatable bonds is 7. The van der Waals surface area contributed by atoms with E-state index in [2.05, 4.69) is 49.1 Å². The number of aryl methyl sites for hydroxylation is 1. The summed E-state index contributed by atoms with van der Waals surface area (Å²) in [6.45, 7) is 13.7. The molecule has 0 aliphatic heterocycles. The van der Waals surface area contributed by atoms with Crippen LogP contribution in [-0.2, 0) is 9.22 Å². The molecule has 0 aliphatic carbocycles. The van der Waals surface area contributed by atoms with Crippen LogP contribution in [0.5, 0.6) is 0 Å². The largest absolute Gasteiger partial charge is 0.405 e. The van der Waals surface area contributed by atoms with Gasteiger partial charge < -0.3 is 14.6 Å². The van der Waals surface area contributed by atoms with Gasteiger partial charge in [-0.15, -0.1) is 0 Å². The van der Waals surface area contributed by atoms with Crippen LogP contribution in [0.1, 0.15) is 32.8 Å². The fourth-order valence-electron chi connectivity index (χ4n) is 1.90. The third-order valence-corrected chi connectivity index (χ3v) is 9.02. The minimum atomic E-state index is -2.03. The van der Waals surface area contributed by atoms with Crippen LogP contribution in [0, 0.1) is 6.92 Å². The standard InChI is InChI=1S/C18H33N3O2Si/c1-14-9-10-16(19-13-14)20-17(22)15(11-12-21(5)6)23-24(7,8)18(2,3)4/h9-10,13,15H,11-12H2,1-8H3,(H,19,20,22). The molecule has 1 N–H and O–H groups in total. The monoisotopic (exact) mass is 351 g/mol. The molecule has 0 bridgehead atoms. The molecule has 0 aliphatic rings. The summed E-state index contributed by atoms with van der Waals surface area (Å²) in [4.78, 5) is 19.1. The van der Waals surface area contributed by atoms with Gasteiger partial charge in [-0.3, -0.25) is 4.79 Å². The van der Waals surface area contributed by atoms with Crippen LogP contribution in [0.2, 0.25) is 18.1 Å². The van der Waals surface area contributed by atoms with Crippen LogP contribution >= 0.6 is 0 Å². The molecule has 0 aromatic carbocycles. The Morgan fingerprint density at radius 1 is 1.33 bits per heavy atom. The molecule has 24 heavy (non-hydrogen) atoms. The molecule has 6 heteroatoms. The Kier molecular flexibility index (Phi) is 7.13. The van der Waals surface area contributed by atoms with Crippen molar-refractivity contribution in [3.8, 4) is 0 Å². The molecule has 0 saturated carbocycles. The van der Waals surface area contributed by atoms with Gasteiger partial charge in [0.25, 0.3) is 5.91 Å². The van der Waals surface area contributed by atoms with E-state index in [0.717, 1.165) is 12.1 Å². The third kappa shape index (κ3) is 6.34. The summed E-state index contributed by atoms with van der Waals surface area (Å²) >= 11 is 0. The Bertz CT molecular complexity index is 536. The van der Waals surface area contributed by atoms with Gasteiger partial charge in [0.2, 0.25) is 0 Å². The molecule has 1 heterocycles. The smallest absolute Gasteiger partial charge is 0.253 e. The summed E-state index contributed by atoms with van der Waals surface area (Å²) in [5.74, 6) is 0.456. The van der Waals surface area contributed by atoms with Crippen LogP contribution in [0.3, 0.4) is 0 Å². The number of nitrogens with zero attached hydrogens (tertiary/aromatic N) is 2. The first-order valence-corrected chi connectivity index (χ1v) is 11.4. The van der Waals surface area contributed by atoms with Crippen LogP contribution < -0.4 is 5.32 Å². The van der Waals surface area contributed by atoms with E-state index < -0.39 is 14.4 Å². The highest BCUT2D eigenvalue weighted by atomic mass is 28.4. The number of pyridine rings is 1. The second-order valence-corrected chi connectivity index (χ2v) is 12.9. The number of hydrogen-bond acceptors (Lipinski definition) is 4. The molecule has 136 valence electrons. The lowest BCUT2D eigenvalue weighted by Crippen LogP contribution is -2.48. The number of hydrogen-bond donors (Lipinski definition) is 1. The second kappa shape index (κ2) is 8.23. The summed E-state index contributed by atoms with van der Waals surface area (Å²) in [6, 6.07) is 3.76. The quantitative estimate of drug-likeness (QED) is 0.762. The van der Waals surface area contributed by atoms with Gasteiger partial charge in [0, 0.05) is 12.7 Å². The zero-order chi connectivity index (χ0) is 18.5. The average molecular weight is 352 g/mol. The van der Waals surface area contributed by atoms with Crippen molar-refractivity contribution in [1.82, 2.24) is 9.88 Å². The lowest BCUT2D eigenvalue weighted by Gasteiger charge is -2.39. The van der Waals surface area contributed by atoms with Crippen LogP contribution in [-0.4, -0.2) is 50.9 Å². The van der Waals surface area contributed by atoms with Gasteiger partial charge in [0.15, 0.2) is 8.32 Å². The molecule has 0 radical (unpaired) electrons. The minimum Gasteiger partial charge on any atom is -0.405 e. The lowest BCUT2D eigenvalue weighted by molar-refractivity contribution is -0.123. The molecule has 1 amide bonds. The van der Waals surface area contributed by atoms with E-state index in [4.69, 9.17) is 4.43 Å². The summed E-state index contributed by atoms with van der Waals surface area (Å²) in [5.41, 5.74) is 1.06. The highest BCUT2D eigenvalue weighted by Gasteiger charge is 2.40. The molecular weight excluding hydrogens is 318 g/mol. The van der Waals surface area contributed by atoms with E-state index in [9.17, 15) is 4.79 Å². The maximum Gasteiger partial charge on any atom is 0.253 e. The topological polar surface area (TPSA) is 54.5 Å². The number of amides is 1. The molecule has 1 unspecified atom stereocenters. The Morgan fingerprint density at radius 2 is 1.96 bits per heavy atom. The molecule has 0 fully saturated rings. The number of carbonyl (C=O) groups is 1. The summed E-state index contributed by atoms with van der Waals surface area (Å²) in [7, 11) is 1.98. The second-order valence-electron chi connectivity index (χ2n) is 8.17. The van der Waals surface area contributed by atoms with E-state index in [1.54, 1.807) is 6.20 Å². The molecule has 1 atom stereocenters. The van der Waals surface area contributed by atoms with Crippen molar-refractivity contribution < 1.29 is 9.22 Å². The zero-order valence-corrected chi connectivity index (χ0v) is 17.4. The van der Waals surface area contributed by atoms with Gasteiger partial charge in [-0.1, -0.05) is 26.8 Å². The molecule has 5 nitrogen and oxygen atoms in total. The molecule has 1 aromatic heterocycles. The molecule has 0 saturated heterocycles. The Labute approximate surface area is 147 Å². The average Bonchev–Trinajstić information content (AvgIpc) is 2.44. The molecular formula is C18H33N3O2Si. The first kappa shape index (κ1) is 20.8. The first-order valence-electron chi connectivity index (χ1n) is 8.48. The van der Waals surface area contributed by atoms with Crippen LogP contribution in [0.15, 0.2) is 18.3 Å². The van der Waals surface area contributed by atoms with Crippen molar-refractivity contribution in [1.29, 1.82) is 0 Å². The van der Waals surface area contributed by atoms with E-state index in [1.165, 1.54) is 0 Å². The Balaban J connectivity index is 2.87. The van der Waals surface area contributed by atoms with Crippen molar-refractivity contribution >= 4 is 20.0 Å². The van der Waals surface area contributed by atoms with Crippen molar-refractivity contribution in [2.24, 2.45) is 0 Å². The summed E-state index contributed by atoms with van der Waals surface area (Å²) < 4.78 is 6.38. The number of carbonyl (C=O) groups excluding carboxylic acids is 1. The van der Waals surface area contributed by atoms with E-state index in [0.29, 0.717) is 12.2 Å². The SMILES string of the molecule is Cc1ccc(NC(=O)C(CCN(C)C)O[Si](C)(C)C(C)(C)C)nc1. The van der Waals surface area contributed by atoms with Crippen molar-refractivity contribution in [2.45, 2.75) is 58.4 Å². The predicted octanol–water partition coefficient (Wildman–Crippen LogP) is 3.67. The highest BCUT2D eigenvalue weighted by Crippen LogP contribution is 2.37. The number of anilines is 1. The third-order valence-electron chi connectivity index (χ3n) is 4.54. The van der Waals surface area contributed by atoms with E-state index in [1.807, 2.05) is 33.2 Å². The lowest BCUT2D eigenvalue weighted by atomic mass is 10.2. The fourth-order valence-corrected chi connectivity index (χ4v) is 3.19. The van der Waals surface area contributed by atoms with Crippen LogP contribution in [0.4, 0.5) is 5.82 Å². The highest BCUT2D eigenvalue weighted by molar-refractivity contribution is 6.74. The fraction of sp³-hybridized carbons (Fsp3) is 0.667. The van der Waals surface area contributed by atoms with Gasteiger partial charge >= 0.3 is 0 Å². The van der Waals surface area contributed by atoms with Crippen molar-refractivity contribution in [2.75, 3.05) is 26.0 Å². The number of aromatic nitrogens is 1. The Morgan fingerprint density at radius 3 is 2.42 bits per heavy atom. The molecule has 0 spiro atoms. The van der Waals surface area contributed by atoms with Crippen molar-refractivity contribution in [3.63, 3.8) is 0 Å². The molecule has 1 aromatic rings. The maximum atomic E-state index is 12.7.